The van der Waals surface area contributed by atoms with E-state index in [9.17, 15) is 0 Å². The minimum Gasteiger partial charge on any atom is -0.483 e. The van der Waals surface area contributed by atoms with Gasteiger partial charge in [-0.25, -0.2) is 0 Å². The molecule has 0 aliphatic heterocycles. The van der Waals surface area contributed by atoms with Crippen LogP contribution < -0.4 is 10.5 Å². The van der Waals surface area contributed by atoms with Gasteiger partial charge in [0, 0.05) is 11.6 Å². The molecule has 0 radical (unpaired) electrons. The number of nitrogens with two attached hydrogens (primary N) is 1. The lowest BCUT2D eigenvalue weighted by Crippen LogP contribution is -2.18. The van der Waals surface area contributed by atoms with Gasteiger partial charge < -0.3 is 10.5 Å². The fourth-order valence-corrected chi connectivity index (χ4v) is 2.19. The monoisotopic (exact) mass is 295 g/mol. The normalized spacial score (nSPS) is 12.2. The van der Waals surface area contributed by atoms with E-state index < -0.39 is 0 Å². The third-order valence-electron chi connectivity index (χ3n) is 2.81. The summed E-state index contributed by atoms with van der Waals surface area (Å²) in [5.74, 6) is 0.637. The Hall–Kier alpha value is -1.22. The van der Waals surface area contributed by atoms with Crippen molar-refractivity contribution in [1.29, 1.82) is 0 Å². The fraction of sp³-hybridized carbons (Fsp3) is 0.200. The predicted octanol–water partition coefficient (Wildman–Crippen LogP) is 4.38. The standard InChI is InChI=1S/C15H15Cl2NO/c1-10-2-7-14(13(17)8-10)19-15(9-18)11-3-5-12(16)6-4-11/h2-8,15H,9,18H2,1H3. The molecule has 1 atom stereocenters. The Kier molecular flexibility index (Phi) is 4.70. The highest BCUT2D eigenvalue weighted by molar-refractivity contribution is 6.32. The quantitative estimate of drug-likeness (QED) is 0.908. The van der Waals surface area contributed by atoms with Crippen molar-refractivity contribution in [1.82, 2.24) is 0 Å². The van der Waals surface area contributed by atoms with Crippen LogP contribution in [-0.2, 0) is 0 Å². The van der Waals surface area contributed by atoms with Gasteiger partial charge in [0.05, 0.1) is 5.02 Å². The van der Waals surface area contributed by atoms with Gasteiger partial charge in [-0.1, -0.05) is 41.4 Å². The lowest BCUT2D eigenvalue weighted by Gasteiger charge is -2.19. The average Bonchev–Trinajstić information content (AvgIpc) is 2.39. The van der Waals surface area contributed by atoms with Gasteiger partial charge in [-0.2, -0.15) is 0 Å². The van der Waals surface area contributed by atoms with E-state index in [0.717, 1.165) is 11.1 Å². The Morgan fingerprint density at radius 3 is 2.37 bits per heavy atom. The lowest BCUT2D eigenvalue weighted by molar-refractivity contribution is 0.214. The van der Waals surface area contributed by atoms with Gasteiger partial charge in [0.25, 0.3) is 0 Å². The Bertz CT molecular complexity index is 555. The molecule has 19 heavy (non-hydrogen) atoms. The molecular weight excluding hydrogens is 281 g/mol. The van der Waals surface area contributed by atoms with Crippen molar-refractivity contribution in [2.45, 2.75) is 13.0 Å². The summed E-state index contributed by atoms with van der Waals surface area (Å²) in [5, 5.41) is 1.28. The van der Waals surface area contributed by atoms with E-state index in [1.807, 2.05) is 49.4 Å². The Labute approximate surface area is 123 Å². The molecule has 0 saturated heterocycles. The van der Waals surface area contributed by atoms with Crippen molar-refractivity contribution in [3.05, 3.63) is 63.6 Å². The summed E-state index contributed by atoms with van der Waals surface area (Å²) in [7, 11) is 0. The number of halogens is 2. The molecule has 0 aliphatic carbocycles. The van der Waals surface area contributed by atoms with Gasteiger partial charge in [-0.15, -0.1) is 0 Å². The Balaban J connectivity index is 2.21. The molecular formula is C15H15Cl2NO. The topological polar surface area (TPSA) is 35.2 Å². The molecule has 0 aliphatic rings. The molecule has 0 bridgehead atoms. The number of rotatable bonds is 4. The Morgan fingerprint density at radius 1 is 1.11 bits per heavy atom. The first-order chi connectivity index (χ1) is 9.10. The van der Waals surface area contributed by atoms with Crippen LogP contribution in [0.25, 0.3) is 0 Å². The van der Waals surface area contributed by atoms with Crippen molar-refractivity contribution in [3.63, 3.8) is 0 Å². The highest BCUT2D eigenvalue weighted by Gasteiger charge is 2.13. The summed E-state index contributed by atoms with van der Waals surface area (Å²) in [6.07, 6.45) is -0.238. The van der Waals surface area contributed by atoms with Crippen molar-refractivity contribution < 1.29 is 4.74 Å². The largest absolute Gasteiger partial charge is 0.483 e. The fourth-order valence-electron chi connectivity index (χ4n) is 1.78. The second kappa shape index (κ2) is 6.29. The smallest absolute Gasteiger partial charge is 0.138 e. The number of hydrogen-bond donors (Lipinski definition) is 1. The molecule has 2 aromatic rings. The number of ether oxygens (including phenoxy) is 1. The van der Waals surface area contributed by atoms with Gasteiger partial charge in [0.15, 0.2) is 0 Å². The molecule has 2 nitrogen and oxygen atoms in total. The van der Waals surface area contributed by atoms with Crippen molar-refractivity contribution >= 4 is 23.2 Å². The molecule has 0 saturated carbocycles. The molecule has 2 aromatic carbocycles. The molecule has 0 spiro atoms. The highest BCUT2D eigenvalue weighted by atomic mass is 35.5. The molecule has 100 valence electrons. The third-order valence-corrected chi connectivity index (χ3v) is 3.36. The number of hydrogen-bond acceptors (Lipinski definition) is 2. The molecule has 0 fully saturated rings. The van der Waals surface area contributed by atoms with Gasteiger partial charge in [-0.05, 0) is 42.3 Å². The molecule has 2 rings (SSSR count). The van der Waals surface area contributed by atoms with Gasteiger partial charge in [-0.3, -0.25) is 0 Å². The maximum atomic E-state index is 6.16. The van der Waals surface area contributed by atoms with Crippen LogP contribution in [0.2, 0.25) is 10.0 Å². The SMILES string of the molecule is Cc1ccc(OC(CN)c2ccc(Cl)cc2)c(Cl)c1. The first-order valence-corrected chi connectivity index (χ1v) is 6.74. The minimum atomic E-state index is -0.238. The zero-order valence-corrected chi connectivity index (χ0v) is 12.1. The van der Waals surface area contributed by atoms with E-state index in [4.69, 9.17) is 33.7 Å². The van der Waals surface area contributed by atoms with E-state index in [2.05, 4.69) is 0 Å². The number of aryl methyl sites for hydroxylation is 1. The second-order valence-corrected chi connectivity index (χ2v) is 5.17. The van der Waals surface area contributed by atoms with Crippen LogP contribution in [0, 0.1) is 6.92 Å². The van der Waals surface area contributed by atoms with Crippen molar-refractivity contribution in [2.24, 2.45) is 5.73 Å². The van der Waals surface area contributed by atoms with E-state index in [-0.39, 0.29) is 6.10 Å². The van der Waals surface area contributed by atoms with Gasteiger partial charge in [0.1, 0.15) is 11.9 Å². The summed E-state index contributed by atoms with van der Waals surface area (Å²) >= 11 is 12.0. The summed E-state index contributed by atoms with van der Waals surface area (Å²) in [6.45, 7) is 2.35. The molecule has 0 amide bonds. The molecule has 2 N–H and O–H groups in total. The summed E-state index contributed by atoms with van der Waals surface area (Å²) < 4.78 is 5.88. The molecule has 0 heterocycles. The van der Waals surface area contributed by atoms with Crippen LogP contribution in [0.3, 0.4) is 0 Å². The van der Waals surface area contributed by atoms with Crippen LogP contribution in [0.15, 0.2) is 42.5 Å². The maximum Gasteiger partial charge on any atom is 0.138 e. The van der Waals surface area contributed by atoms with Crippen molar-refractivity contribution in [2.75, 3.05) is 6.54 Å². The van der Waals surface area contributed by atoms with Crippen molar-refractivity contribution in [3.8, 4) is 5.75 Å². The zero-order valence-electron chi connectivity index (χ0n) is 10.6. The summed E-state index contributed by atoms with van der Waals surface area (Å²) in [4.78, 5) is 0. The maximum absolute atomic E-state index is 6.16. The van der Waals surface area contributed by atoms with E-state index in [0.29, 0.717) is 22.3 Å². The van der Waals surface area contributed by atoms with Gasteiger partial charge >= 0.3 is 0 Å². The predicted molar refractivity (Wildman–Crippen MR) is 80.1 cm³/mol. The van der Waals surface area contributed by atoms with E-state index >= 15 is 0 Å². The summed E-state index contributed by atoms with van der Waals surface area (Å²) in [5.41, 5.74) is 7.84. The molecule has 4 heteroatoms. The van der Waals surface area contributed by atoms with Crippen LogP contribution >= 0.6 is 23.2 Å². The first kappa shape index (κ1) is 14.2. The Morgan fingerprint density at radius 2 is 1.79 bits per heavy atom. The zero-order chi connectivity index (χ0) is 13.8. The lowest BCUT2D eigenvalue weighted by atomic mass is 10.1. The van der Waals surface area contributed by atoms with Crippen LogP contribution in [0.4, 0.5) is 0 Å². The second-order valence-electron chi connectivity index (χ2n) is 4.33. The first-order valence-electron chi connectivity index (χ1n) is 5.98. The minimum absolute atomic E-state index is 0.238. The average molecular weight is 296 g/mol. The molecule has 1 unspecified atom stereocenters. The molecule has 0 aromatic heterocycles. The van der Waals surface area contributed by atoms with E-state index in [1.54, 1.807) is 0 Å². The van der Waals surface area contributed by atoms with Gasteiger partial charge in [0.2, 0.25) is 0 Å². The van der Waals surface area contributed by atoms with Crippen LogP contribution in [0.1, 0.15) is 17.2 Å². The van der Waals surface area contributed by atoms with Crippen LogP contribution in [0.5, 0.6) is 5.75 Å². The number of benzene rings is 2. The van der Waals surface area contributed by atoms with E-state index in [1.165, 1.54) is 0 Å². The van der Waals surface area contributed by atoms with Crippen LogP contribution in [-0.4, -0.2) is 6.54 Å². The third kappa shape index (κ3) is 3.63. The summed E-state index contributed by atoms with van der Waals surface area (Å²) in [6, 6.07) is 13.1. The highest BCUT2D eigenvalue weighted by Crippen LogP contribution is 2.29.